The average Bonchev–Trinajstić information content (AvgIpc) is 3.23. The molecular weight excluding hydrogens is 406 g/mol. The molecule has 1 aromatic heterocycles. The summed E-state index contributed by atoms with van der Waals surface area (Å²) >= 11 is 0. The predicted molar refractivity (Wildman–Crippen MR) is 110 cm³/mol. The minimum absolute atomic E-state index is 0.0358. The summed E-state index contributed by atoms with van der Waals surface area (Å²) in [5, 5.41) is 7.96. The van der Waals surface area contributed by atoms with Crippen LogP contribution in [-0.4, -0.2) is 31.1 Å². The van der Waals surface area contributed by atoms with E-state index in [1.54, 1.807) is 6.92 Å². The van der Waals surface area contributed by atoms with Crippen LogP contribution in [0.2, 0.25) is 0 Å². The van der Waals surface area contributed by atoms with Crippen molar-refractivity contribution in [2.45, 2.75) is 24.8 Å². The van der Waals surface area contributed by atoms with Gasteiger partial charge in [0, 0.05) is 12.1 Å². The molecule has 30 heavy (non-hydrogen) atoms. The van der Waals surface area contributed by atoms with Gasteiger partial charge in [0.15, 0.2) is 6.10 Å². The fourth-order valence-electron chi connectivity index (χ4n) is 2.59. The summed E-state index contributed by atoms with van der Waals surface area (Å²) in [7, 11) is -3.66. The zero-order chi connectivity index (χ0) is 21.7. The molecule has 0 saturated carbocycles. The van der Waals surface area contributed by atoms with Crippen molar-refractivity contribution in [2.24, 2.45) is 0 Å². The van der Waals surface area contributed by atoms with E-state index in [0.717, 1.165) is 11.1 Å². The molecule has 8 nitrogen and oxygen atoms in total. The topological polar surface area (TPSA) is 111 Å². The molecule has 0 spiro atoms. The van der Waals surface area contributed by atoms with Crippen molar-refractivity contribution >= 4 is 16.0 Å². The van der Waals surface area contributed by atoms with E-state index in [1.807, 2.05) is 31.2 Å². The van der Waals surface area contributed by atoms with Gasteiger partial charge in [0.25, 0.3) is 5.89 Å². The van der Waals surface area contributed by atoms with Crippen LogP contribution in [0.3, 0.4) is 0 Å². The number of carbonyl (C=O) groups is 1. The summed E-state index contributed by atoms with van der Waals surface area (Å²) in [6, 6.07) is 13.0. The summed E-state index contributed by atoms with van der Waals surface area (Å²) in [5.74, 6) is -0.147. The van der Waals surface area contributed by atoms with Crippen LogP contribution in [0.4, 0.5) is 0 Å². The van der Waals surface area contributed by atoms with Gasteiger partial charge in [0.05, 0.1) is 10.5 Å². The third kappa shape index (κ3) is 5.00. The predicted octanol–water partition coefficient (Wildman–Crippen LogP) is 3.43. The number of esters is 1. The van der Waals surface area contributed by atoms with Crippen LogP contribution in [0.25, 0.3) is 11.5 Å². The minimum atomic E-state index is -3.66. The maximum atomic E-state index is 12.4. The number of aromatic nitrogens is 2. The van der Waals surface area contributed by atoms with E-state index in [2.05, 4.69) is 21.5 Å². The molecule has 9 heteroatoms. The fourth-order valence-corrected chi connectivity index (χ4v) is 3.59. The van der Waals surface area contributed by atoms with Gasteiger partial charge in [-0.2, -0.15) is 0 Å². The Morgan fingerprint density at radius 3 is 2.63 bits per heavy atom. The second-order valence-electron chi connectivity index (χ2n) is 6.53. The summed E-state index contributed by atoms with van der Waals surface area (Å²) < 4.78 is 37.5. The Kier molecular flexibility index (Phi) is 6.43. The summed E-state index contributed by atoms with van der Waals surface area (Å²) in [5.41, 5.74) is 2.02. The molecule has 3 rings (SSSR count). The molecule has 2 aromatic carbocycles. The van der Waals surface area contributed by atoms with Crippen molar-refractivity contribution in [2.75, 3.05) is 6.54 Å². The lowest BCUT2D eigenvalue weighted by molar-refractivity contribution is 0.0279. The van der Waals surface area contributed by atoms with Gasteiger partial charge >= 0.3 is 5.97 Å². The van der Waals surface area contributed by atoms with Crippen LogP contribution in [0.15, 0.2) is 70.5 Å². The number of nitrogens with zero attached hydrogens (tertiary/aromatic N) is 2. The Hall–Kier alpha value is -3.30. The Balaban J connectivity index is 1.68. The van der Waals surface area contributed by atoms with E-state index in [-0.39, 0.29) is 22.9 Å². The van der Waals surface area contributed by atoms with Crippen molar-refractivity contribution in [1.29, 1.82) is 0 Å². The number of hydrogen-bond donors (Lipinski definition) is 1. The number of carbonyl (C=O) groups excluding carboxylic acids is 1. The molecule has 0 amide bonds. The second kappa shape index (κ2) is 9.02. The highest BCUT2D eigenvalue weighted by Gasteiger charge is 2.21. The van der Waals surface area contributed by atoms with Gasteiger partial charge in [0.2, 0.25) is 15.9 Å². The molecule has 0 bridgehead atoms. The summed E-state index contributed by atoms with van der Waals surface area (Å²) in [6.45, 7) is 7.14. The lowest BCUT2D eigenvalue weighted by Gasteiger charge is -2.10. The molecular formula is C21H21N3O5S. The van der Waals surface area contributed by atoms with Gasteiger partial charge in [-0.1, -0.05) is 23.8 Å². The molecule has 0 radical (unpaired) electrons. The van der Waals surface area contributed by atoms with E-state index in [4.69, 9.17) is 9.15 Å². The molecule has 1 heterocycles. The lowest BCUT2D eigenvalue weighted by atomic mass is 10.1. The van der Waals surface area contributed by atoms with E-state index < -0.39 is 22.1 Å². The summed E-state index contributed by atoms with van der Waals surface area (Å²) in [4.78, 5) is 12.4. The van der Waals surface area contributed by atoms with Crippen LogP contribution in [0.5, 0.6) is 0 Å². The first-order valence-corrected chi connectivity index (χ1v) is 10.6. The number of hydrogen-bond acceptors (Lipinski definition) is 7. The first-order valence-electron chi connectivity index (χ1n) is 9.12. The van der Waals surface area contributed by atoms with Crippen LogP contribution < -0.4 is 4.72 Å². The Labute approximate surface area is 174 Å². The van der Waals surface area contributed by atoms with Gasteiger partial charge in [-0.15, -0.1) is 16.8 Å². The van der Waals surface area contributed by atoms with Crippen LogP contribution in [-0.2, 0) is 14.8 Å². The Bertz CT molecular complexity index is 1150. The number of ether oxygens (including phenoxy) is 1. The Morgan fingerprint density at radius 2 is 1.97 bits per heavy atom. The number of aryl methyl sites for hydroxylation is 1. The zero-order valence-corrected chi connectivity index (χ0v) is 17.3. The number of benzene rings is 2. The monoisotopic (exact) mass is 427 g/mol. The number of rotatable bonds is 8. The first-order chi connectivity index (χ1) is 14.3. The highest BCUT2D eigenvalue weighted by Crippen LogP contribution is 2.24. The van der Waals surface area contributed by atoms with Gasteiger partial charge in [-0.3, -0.25) is 0 Å². The van der Waals surface area contributed by atoms with Crippen molar-refractivity contribution in [1.82, 2.24) is 14.9 Å². The average molecular weight is 427 g/mol. The normalized spacial score (nSPS) is 12.3. The molecule has 0 aliphatic carbocycles. The third-order valence-corrected chi connectivity index (χ3v) is 5.59. The molecule has 1 N–H and O–H groups in total. The molecule has 0 aliphatic rings. The van der Waals surface area contributed by atoms with Gasteiger partial charge < -0.3 is 9.15 Å². The third-order valence-electron chi connectivity index (χ3n) is 4.16. The SMILES string of the molecule is C=CCNS(=O)(=O)c1ccc(C(=O)OC(C)c2nnc(-c3cccc(C)c3)o2)cc1. The summed E-state index contributed by atoms with van der Waals surface area (Å²) in [6.07, 6.45) is 0.660. The molecule has 1 unspecified atom stereocenters. The first kappa shape index (κ1) is 21.4. The van der Waals surface area contributed by atoms with Gasteiger partial charge in [0.1, 0.15) is 0 Å². The Morgan fingerprint density at radius 1 is 1.23 bits per heavy atom. The van der Waals surface area contributed by atoms with Crippen molar-refractivity contribution in [3.8, 4) is 11.5 Å². The van der Waals surface area contributed by atoms with E-state index in [1.165, 1.54) is 30.3 Å². The molecule has 156 valence electrons. The second-order valence-corrected chi connectivity index (χ2v) is 8.29. The molecule has 3 aromatic rings. The molecule has 0 fully saturated rings. The lowest BCUT2D eigenvalue weighted by Crippen LogP contribution is -2.23. The van der Waals surface area contributed by atoms with Crippen molar-refractivity contribution < 1.29 is 22.4 Å². The van der Waals surface area contributed by atoms with E-state index in [0.29, 0.717) is 5.89 Å². The van der Waals surface area contributed by atoms with E-state index in [9.17, 15) is 13.2 Å². The van der Waals surface area contributed by atoms with Crippen LogP contribution in [0, 0.1) is 6.92 Å². The highest BCUT2D eigenvalue weighted by atomic mass is 32.2. The van der Waals surface area contributed by atoms with E-state index >= 15 is 0 Å². The number of nitrogens with one attached hydrogen (secondary N) is 1. The molecule has 0 saturated heterocycles. The highest BCUT2D eigenvalue weighted by molar-refractivity contribution is 7.89. The van der Waals surface area contributed by atoms with Gasteiger partial charge in [-0.25, -0.2) is 17.9 Å². The molecule has 0 aliphatic heterocycles. The zero-order valence-electron chi connectivity index (χ0n) is 16.5. The van der Waals surface area contributed by atoms with Crippen molar-refractivity contribution in [3.05, 3.63) is 78.2 Å². The fraction of sp³-hybridized carbons (Fsp3) is 0.190. The largest absolute Gasteiger partial charge is 0.449 e. The molecule has 1 atom stereocenters. The smallest absolute Gasteiger partial charge is 0.338 e. The van der Waals surface area contributed by atoms with Gasteiger partial charge in [-0.05, 0) is 50.2 Å². The minimum Gasteiger partial charge on any atom is -0.449 e. The van der Waals surface area contributed by atoms with Crippen LogP contribution >= 0.6 is 0 Å². The maximum Gasteiger partial charge on any atom is 0.338 e. The maximum absolute atomic E-state index is 12.4. The van der Waals surface area contributed by atoms with Crippen molar-refractivity contribution in [3.63, 3.8) is 0 Å². The standard InChI is InChI=1S/C21H21N3O5S/c1-4-12-22-30(26,27)18-10-8-16(9-11-18)21(25)28-15(3)19-23-24-20(29-19)17-7-5-6-14(2)13-17/h4-11,13,15,22H,1,12H2,2-3H3. The number of sulfonamides is 1. The van der Waals surface area contributed by atoms with Crippen LogP contribution in [0.1, 0.15) is 34.8 Å². The quantitative estimate of drug-likeness (QED) is 0.433.